The maximum Gasteiger partial charge on any atom is 0.165 e. The molecule has 0 spiro atoms. The molecule has 1 unspecified atom stereocenters. The first-order valence-corrected chi connectivity index (χ1v) is 8.78. The van der Waals surface area contributed by atoms with E-state index in [1.165, 1.54) is 13.2 Å². The third-order valence-electron chi connectivity index (χ3n) is 4.90. The van der Waals surface area contributed by atoms with Gasteiger partial charge in [-0.05, 0) is 42.3 Å². The smallest absolute Gasteiger partial charge is 0.165 e. The number of halogens is 1. The SMILES string of the molecule is CCC1Cn2nc(-c3ccc(OC)c(F)c3)c(-c3ccncc3)c2CN1. The van der Waals surface area contributed by atoms with Crippen LogP contribution in [0.5, 0.6) is 5.75 Å². The molecule has 6 heteroatoms. The summed E-state index contributed by atoms with van der Waals surface area (Å²) in [6, 6.07) is 9.31. The van der Waals surface area contributed by atoms with Crippen molar-refractivity contribution >= 4 is 0 Å². The number of rotatable bonds is 4. The lowest BCUT2D eigenvalue weighted by molar-refractivity contribution is 0.361. The monoisotopic (exact) mass is 352 g/mol. The van der Waals surface area contributed by atoms with Crippen molar-refractivity contribution in [3.8, 4) is 28.1 Å². The standard InChI is InChI=1S/C20H21FN4O/c1-3-15-12-25-17(11-23-15)19(13-6-8-22-9-7-13)20(24-25)14-4-5-18(26-2)16(21)10-14/h4-10,15,23H,3,11-12H2,1-2H3. The molecule has 0 saturated carbocycles. The summed E-state index contributed by atoms with van der Waals surface area (Å²) >= 11 is 0. The molecule has 5 nitrogen and oxygen atoms in total. The molecule has 0 saturated heterocycles. The van der Waals surface area contributed by atoms with E-state index in [4.69, 9.17) is 9.84 Å². The molecule has 1 aliphatic heterocycles. The summed E-state index contributed by atoms with van der Waals surface area (Å²) in [6.07, 6.45) is 4.57. The topological polar surface area (TPSA) is 52.0 Å². The first kappa shape index (κ1) is 16.7. The molecule has 0 radical (unpaired) electrons. The Labute approximate surface area is 151 Å². The quantitative estimate of drug-likeness (QED) is 0.779. The number of aromatic nitrogens is 3. The van der Waals surface area contributed by atoms with Crippen LogP contribution in [-0.4, -0.2) is 27.9 Å². The maximum atomic E-state index is 14.3. The third kappa shape index (κ3) is 2.86. The van der Waals surface area contributed by atoms with Crippen LogP contribution in [0, 0.1) is 5.82 Å². The molecule has 0 bridgehead atoms. The van der Waals surface area contributed by atoms with Gasteiger partial charge >= 0.3 is 0 Å². The highest BCUT2D eigenvalue weighted by Crippen LogP contribution is 2.37. The predicted octanol–water partition coefficient (Wildman–Crippen LogP) is 3.64. The number of ether oxygens (including phenoxy) is 1. The Bertz CT molecular complexity index is 923. The highest BCUT2D eigenvalue weighted by molar-refractivity contribution is 5.83. The summed E-state index contributed by atoms with van der Waals surface area (Å²) in [6.45, 7) is 3.71. The minimum atomic E-state index is -0.388. The van der Waals surface area contributed by atoms with E-state index >= 15 is 0 Å². The van der Waals surface area contributed by atoms with Crippen molar-refractivity contribution in [3.05, 3.63) is 54.2 Å². The van der Waals surface area contributed by atoms with Crippen LogP contribution in [-0.2, 0) is 13.1 Å². The van der Waals surface area contributed by atoms with E-state index < -0.39 is 0 Å². The Morgan fingerprint density at radius 1 is 1.23 bits per heavy atom. The zero-order valence-electron chi connectivity index (χ0n) is 14.9. The molecule has 3 aromatic rings. The molecule has 1 aromatic carbocycles. The van der Waals surface area contributed by atoms with Crippen LogP contribution in [0.3, 0.4) is 0 Å². The number of hydrogen-bond acceptors (Lipinski definition) is 4. The van der Waals surface area contributed by atoms with Crippen LogP contribution in [0.25, 0.3) is 22.4 Å². The highest BCUT2D eigenvalue weighted by atomic mass is 19.1. The second-order valence-corrected chi connectivity index (χ2v) is 6.42. The molecule has 1 N–H and O–H groups in total. The van der Waals surface area contributed by atoms with Crippen LogP contribution in [0.4, 0.5) is 4.39 Å². The van der Waals surface area contributed by atoms with E-state index in [1.54, 1.807) is 18.5 Å². The average Bonchev–Trinajstić information content (AvgIpc) is 3.07. The van der Waals surface area contributed by atoms with E-state index in [9.17, 15) is 4.39 Å². The van der Waals surface area contributed by atoms with Gasteiger partial charge in [-0.3, -0.25) is 9.67 Å². The fourth-order valence-corrected chi connectivity index (χ4v) is 3.45. The Balaban J connectivity index is 1.89. The van der Waals surface area contributed by atoms with E-state index in [2.05, 4.69) is 21.9 Å². The Kier molecular flexibility index (Phi) is 4.42. The van der Waals surface area contributed by atoms with Gasteiger partial charge in [-0.25, -0.2) is 4.39 Å². The summed E-state index contributed by atoms with van der Waals surface area (Å²) in [5.41, 5.74) is 4.70. The Hall–Kier alpha value is -2.73. The van der Waals surface area contributed by atoms with Gasteiger partial charge in [0.1, 0.15) is 5.69 Å². The predicted molar refractivity (Wildman–Crippen MR) is 98.3 cm³/mol. The van der Waals surface area contributed by atoms with Gasteiger partial charge in [0.15, 0.2) is 11.6 Å². The number of fused-ring (bicyclic) bond motifs is 1. The molecule has 26 heavy (non-hydrogen) atoms. The van der Waals surface area contributed by atoms with Crippen molar-refractivity contribution < 1.29 is 9.13 Å². The number of nitrogens with one attached hydrogen (secondary N) is 1. The molecule has 2 aromatic heterocycles. The summed E-state index contributed by atoms with van der Waals surface area (Å²) in [4.78, 5) is 4.11. The fraction of sp³-hybridized carbons (Fsp3) is 0.300. The van der Waals surface area contributed by atoms with Gasteiger partial charge in [0.05, 0.1) is 19.3 Å². The molecule has 1 aliphatic rings. The minimum absolute atomic E-state index is 0.232. The number of nitrogens with zero attached hydrogens (tertiary/aromatic N) is 3. The van der Waals surface area contributed by atoms with Gasteiger partial charge in [0.25, 0.3) is 0 Å². The maximum absolute atomic E-state index is 14.3. The van der Waals surface area contributed by atoms with Crippen LogP contribution in [0.2, 0.25) is 0 Å². The number of pyridine rings is 1. The molecule has 4 rings (SSSR count). The van der Waals surface area contributed by atoms with E-state index in [-0.39, 0.29) is 11.6 Å². The molecular formula is C20H21FN4O. The van der Waals surface area contributed by atoms with E-state index in [0.717, 1.165) is 47.6 Å². The summed E-state index contributed by atoms with van der Waals surface area (Å²) in [5, 5.41) is 8.40. The lowest BCUT2D eigenvalue weighted by atomic mass is 9.98. The minimum Gasteiger partial charge on any atom is -0.494 e. The van der Waals surface area contributed by atoms with Crippen molar-refractivity contribution in [1.82, 2.24) is 20.1 Å². The van der Waals surface area contributed by atoms with E-state index in [1.807, 2.05) is 18.2 Å². The third-order valence-corrected chi connectivity index (χ3v) is 4.90. The molecular weight excluding hydrogens is 331 g/mol. The molecule has 0 aliphatic carbocycles. The Morgan fingerprint density at radius 3 is 2.73 bits per heavy atom. The number of hydrogen-bond donors (Lipinski definition) is 1. The summed E-state index contributed by atoms with van der Waals surface area (Å²) in [5.74, 6) is -0.155. The first-order chi connectivity index (χ1) is 12.7. The average molecular weight is 352 g/mol. The summed E-state index contributed by atoms with van der Waals surface area (Å²) < 4.78 is 21.4. The first-order valence-electron chi connectivity index (χ1n) is 8.78. The van der Waals surface area contributed by atoms with Gasteiger partial charge < -0.3 is 10.1 Å². The highest BCUT2D eigenvalue weighted by Gasteiger charge is 2.26. The zero-order valence-corrected chi connectivity index (χ0v) is 14.9. The van der Waals surface area contributed by atoms with Crippen molar-refractivity contribution in [2.24, 2.45) is 0 Å². The summed E-state index contributed by atoms with van der Waals surface area (Å²) in [7, 11) is 1.46. The second kappa shape index (κ2) is 6.88. The number of benzene rings is 1. The Morgan fingerprint density at radius 2 is 2.04 bits per heavy atom. The van der Waals surface area contributed by atoms with Crippen molar-refractivity contribution in [2.45, 2.75) is 32.5 Å². The van der Waals surface area contributed by atoms with Crippen molar-refractivity contribution in [2.75, 3.05) is 7.11 Å². The fourth-order valence-electron chi connectivity index (χ4n) is 3.45. The molecule has 134 valence electrons. The van der Waals surface area contributed by atoms with Crippen LogP contribution >= 0.6 is 0 Å². The molecule has 1 atom stereocenters. The van der Waals surface area contributed by atoms with Crippen molar-refractivity contribution in [3.63, 3.8) is 0 Å². The second-order valence-electron chi connectivity index (χ2n) is 6.42. The van der Waals surface area contributed by atoms with Crippen LogP contribution in [0.1, 0.15) is 19.0 Å². The molecule has 0 fully saturated rings. The molecule has 0 amide bonds. The normalized spacial score (nSPS) is 16.3. The number of methoxy groups -OCH3 is 1. The van der Waals surface area contributed by atoms with Gasteiger partial charge in [-0.1, -0.05) is 6.92 Å². The van der Waals surface area contributed by atoms with Gasteiger partial charge in [0.2, 0.25) is 0 Å². The molecule has 3 heterocycles. The van der Waals surface area contributed by atoms with Gasteiger partial charge in [0, 0.05) is 36.1 Å². The van der Waals surface area contributed by atoms with Crippen LogP contribution < -0.4 is 10.1 Å². The van der Waals surface area contributed by atoms with Crippen molar-refractivity contribution in [1.29, 1.82) is 0 Å². The van der Waals surface area contributed by atoms with Crippen LogP contribution in [0.15, 0.2) is 42.7 Å². The van der Waals surface area contributed by atoms with Gasteiger partial charge in [-0.15, -0.1) is 0 Å². The van der Waals surface area contributed by atoms with Gasteiger partial charge in [-0.2, -0.15) is 5.10 Å². The lowest BCUT2D eigenvalue weighted by Crippen LogP contribution is -2.38. The zero-order chi connectivity index (χ0) is 18.1. The van der Waals surface area contributed by atoms with E-state index in [0.29, 0.717) is 6.04 Å². The largest absolute Gasteiger partial charge is 0.494 e. The lowest BCUT2D eigenvalue weighted by Gasteiger charge is -2.24.